The minimum absolute atomic E-state index is 0.0755. The highest BCUT2D eigenvalue weighted by atomic mass is 16.3. The summed E-state index contributed by atoms with van der Waals surface area (Å²) in [5, 5.41) is 20.0. The van der Waals surface area contributed by atoms with Gasteiger partial charge >= 0.3 is 0 Å². The van der Waals surface area contributed by atoms with Crippen molar-refractivity contribution >= 4 is 5.78 Å². The monoisotopic (exact) mass is 236 g/mol. The van der Waals surface area contributed by atoms with Crippen LogP contribution in [0.15, 0.2) is 23.0 Å². The molecule has 0 heterocycles. The van der Waals surface area contributed by atoms with E-state index in [1.165, 1.54) is 0 Å². The smallest absolute Gasteiger partial charge is 0.223 e. The van der Waals surface area contributed by atoms with Crippen LogP contribution in [0.4, 0.5) is 0 Å². The van der Waals surface area contributed by atoms with Gasteiger partial charge in [0.2, 0.25) is 5.78 Å². The highest BCUT2D eigenvalue weighted by Gasteiger charge is 2.36. The van der Waals surface area contributed by atoms with Crippen molar-refractivity contribution in [2.24, 2.45) is 5.92 Å². The molecular weight excluding hydrogens is 216 g/mol. The molecule has 0 aromatic heterocycles. The summed E-state index contributed by atoms with van der Waals surface area (Å²) < 4.78 is 0. The van der Waals surface area contributed by atoms with Gasteiger partial charge in [-0.3, -0.25) is 4.79 Å². The number of rotatable bonds is 1. The van der Waals surface area contributed by atoms with Gasteiger partial charge in [0.15, 0.2) is 5.76 Å². The number of Topliss-reactive ketones (excluding diaryl/α,β-unsaturated/α-hetero) is 1. The Hall–Kier alpha value is -1.09. The average Bonchev–Trinajstić information content (AvgIpc) is 2.48. The van der Waals surface area contributed by atoms with Crippen LogP contribution < -0.4 is 0 Å². The lowest BCUT2D eigenvalue weighted by Gasteiger charge is -2.30. The number of carbonyl (C=O) groups is 1. The van der Waals surface area contributed by atoms with Gasteiger partial charge in [0, 0.05) is 11.5 Å². The van der Waals surface area contributed by atoms with Gasteiger partial charge < -0.3 is 10.2 Å². The van der Waals surface area contributed by atoms with E-state index in [-0.39, 0.29) is 17.5 Å². The van der Waals surface area contributed by atoms with Crippen LogP contribution in [0.3, 0.4) is 0 Å². The molecule has 2 rings (SSSR count). The van der Waals surface area contributed by atoms with Crippen molar-refractivity contribution in [2.75, 3.05) is 0 Å². The lowest BCUT2D eigenvalue weighted by atomic mass is 9.82. The Labute approximate surface area is 102 Å². The first-order valence-electron chi connectivity index (χ1n) is 6.34. The van der Waals surface area contributed by atoms with Crippen LogP contribution in [-0.2, 0) is 4.79 Å². The van der Waals surface area contributed by atoms with Crippen LogP contribution >= 0.6 is 0 Å². The molecular formula is C14H20O3. The highest BCUT2D eigenvalue weighted by Crippen LogP contribution is 2.37. The van der Waals surface area contributed by atoms with Gasteiger partial charge in [-0.15, -0.1) is 0 Å². The molecule has 2 N–H and O–H groups in total. The van der Waals surface area contributed by atoms with E-state index in [1.807, 2.05) is 6.92 Å². The maximum Gasteiger partial charge on any atom is 0.223 e. The Balaban J connectivity index is 2.27. The van der Waals surface area contributed by atoms with Crippen LogP contribution in [0.2, 0.25) is 0 Å². The zero-order chi connectivity index (χ0) is 12.6. The number of allylic oxidation sites excluding steroid dienone is 2. The van der Waals surface area contributed by atoms with Gasteiger partial charge in [-0.05, 0) is 31.4 Å². The summed E-state index contributed by atoms with van der Waals surface area (Å²) in [6.45, 7) is 3.66. The van der Waals surface area contributed by atoms with Gasteiger partial charge in [-0.1, -0.05) is 26.2 Å². The number of hydrogen-bond donors (Lipinski definition) is 2. The summed E-state index contributed by atoms with van der Waals surface area (Å²) in [6.07, 6.45) is 6.29. The topological polar surface area (TPSA) is 57.5 Å². The zero-order valence-corrected chi connectivity index (χ0v) is 10.5. The van der Waals surface area contributed by atoms with E-state index in [0.717, 1.165) is 32.1 Å². The Morgan fingerprint density at radius 2 is 1.88 bits per heavy atom. The fraction of sp³-hybridized carbons (Fsp3) is 0.643. The molecule has 0 saturated heterocycles. The summed E-state index contributed by atoms with van der Waals surface area (Å²) in [5.74, 6) is -0.523. The SMILES string of the molecule is CC1=C(O)C(=O)/C(=C\C2(O)CCCCC2)C1C. The molecule has 2 aliphatic carbocycles. The van der Waals surface area contributed by atoms with E-state index in [1.54, 1.807) is 13.0 Å². The third-order valence-corrected chi connectivity index (χ3v) is 4.11. The summed E-state index contributed by atoms with van der Waals surface area (Å²) in [6, 6.07) is 0. The predicted octanol–water partition coefficient (Wildman–Crippen LogP) is 2.66. The lowest BCUT2D eigenvalue weighted by Crippen LogP contribution is -2.30. The molecule has 3 nitrogen and oxygen atoms in total. The molecule has 2 aliphatic rings. The number of carbonyl (C=O) groups excluding carboxylic acids is 1. The summed E-state index contributed by atoms with van der Waals surface area (Å²) in [4.78, 5) is 11.9. The van der Waals surface area contributed by atoms with Gasteiger partial charge in [0.05, 0.1) is 5.60 Å². The fourth-order valence-corrected chi connectivity index (χ4v) is 2.74. The number of aliphatic hydroxyl groups is 2. The second-order valence-corrected chi connectivity index (χ2v) is 5.35. The molecule has 0 bridgehead atoms. The second kappa shape index (κ2) is 4.30. The van der Waals surface area contributed by atoms with E-state index < -0.39 is 5.60 Å². The van der Waals surface area contributed by atoms with Gasteiger partial charge in [-0.2, -0.15) is 0 Å². The van der Waals surface area contributed by atoms with E-state index in [2.05, 4.69) is 0 Å². The fourth-order valence-electron chi connectivity index (χ4n) is 2.74. The van der Waals surface area contributed by atoms with Crippen molar-refractivity contribution < 1.29 is 15.0 Å². The third-order valence-electron chi connectivity index (χ3n) is 4.11. The predicted molar refractivity (Wildman–Crippen MR) is 65.6 cm³/mol. The standard InChI is InChI=1S/C14H20O3/c1-9-10(2)12(15)13(16)11(9)8-14(17)6-4-3-5-7-14/h8-9,15,17H,3-7H2,1-2H3/b11-8-. The normalized spacial score (nSPS) is 31.4. The lowest BCUT2D eigenvalue weighted by molar-refractivity contribution is -0.114. The van der Waals surface area contributed by atoms with Crippen molar-refractivity contribution in [1.82, 2.24) is 0 Å². The van der Waals surface area contributed by atoms with Crippen LogP contribution in [0.5, 0.6) is 0 Å². The second-order valence-electron chi connectivity index (χ2n) is 5.35. The molecule has 0 aliphatic heterocycles. The van der Waals surface area contributed by atoms with Crippen LogP contribution in [0.25, 0.3) is 0 Å². The molecule has 3 heteroatoms. The van der Waals surface area contributed by atoms with Gasteiger partial charge in [-0.25, -0.2) is 0 Å². The van der Waals surface area contributed by atoms with E-state index >= 15 is 0 Å². The minimum Gasteiger partial charge on any atom is -0.504 e. The quantitative estimate of drug-likeness (QED) is 0.688. The molecule has 0 amide bonds. The van der Waals surface area contributed by atoms with Crippen LogP contribution in [0.1, 0.15) is 46.0 Å². The molecule has 94 valence electrons. The Bertz CT molecular complexity index is 398. The van der Waals surface area contributed by atoms with Crippen LogP contribution in [-0.4, -0.2) is 21.6 Å². The molecule has 17 heavy (non-hydrogen) atoms. The summed E-state index contributed by atoms with van der Waals surface area (Å²) >= 11 is 0. The van der Waals surface area contributed by atoms with Crippen molar-refractivity contribution in [3.63, 3.8) is 0 Å². The first-order valence-corrected chi connectivity index (χ1v) is 6.34. The van der Waals surface area contributed by atoms with Crippen molar-refractivity contribution in [2.45, 2.75) is 51.6 Å². The molecule has 1 fully saturated rings. The van der Waals surface area contributed by atoms with Crippen LogP contribution in [0, 0.1) is 5.92 Å². The maximum atomic E-state index is 11.9. The maximum absolute atomic E-state index is 11.9. The van der Waals surface area contributed by atoms with Crippen molar-refractivity contribution in [3.05, 3.63) is 23.0 Å². The van der Waals surface area contributed by atoms with E-state index in [9.17, 15) is 15.0 Å². The molecule has 0 spiro atoms. The first-order chi connectivity index (χ1) is 7.94. The van der Waals surface area contributed by atoms with Gasteiger partial charge in [0.1, 0.15) is 0 Å². The Morgan fingerprint density at radius 1 is 1.29 bits per heavy atom. The number of hydrogen-bond acceptors (Lipinski definition) is 3. The number of ketones is 1. The minimum atomic E-state index is -0.845. The average molecular weight is 236 g/mol. The third kappa shape index (κ3) is 2.16. The Kier molecular flexibility index (Phi) is 3.13. The molecule has 0 radical (unpaired) electrons. The first kappa shape index (κ1) is 12.4. The zero-order valence-electron chi connectivity index (χ0n) is 10.5. The molecule has 0 aromatic rings. The molecule has 1 saturated carbocycles. The molecule has 0 aromatic carbocycles. The van der Waals surface area contributed by atoms with Crippen molar-refractivity contribution in [1.29, 1.82) is 0 Å². The van der Waals surface area contributed by atoms with Crippen molar-refractivity contribution in [3.8, 4) is 0 Å². The summed E-state index contributed by atoms with van der Waals surface area (Å²) in [5.41, 5.74) is 0.424. The highest BCUT2D eigenvalue weighted by molar-refractivity contribution is 6.10. The molecule has 1 atom stereocenters. The van der Waals surface area contributed by atoms with Gasteiger partial charge in [0.25, 0.3) is 0 Å². The summed E-state index contributed by atoms with van der Waals surface area (Å²) in [7, 11) is 0. The Morgan fingerprint density at radius 3 is 2.35 bits per heavy atom. The van der Waals surface area contributed by atoms with E-state index in [0.29, 0.717) is 11.1 Å². The largest absolute Gasteiger partial charge is 0.504 e. The van der Waals surface area contributed by atoms with E-state index in [4.69, 9.17) is 0 Å². The number of aliphatic hydroxyl groups excluding tert-OH is 1. The molecule has 1 unspecified atom stereocenters.